The summed E-state index contributed by atoms with van der Waals surface area (Å²) in [6, 6.07) is 3.89. The highest BCUT2D eigenvalue weighted by molar-refractivity contribution is 7.86. The lowest BCUT2D eigenvalue weighted by Crippen LogP contribution is -1.94. The Hall–Kier alpha value is -0.610. The lowest BCUT2D eigenvalue weighted by molar-refractivity contribution is 0.552. The first kappa shape index (κ1) is 12.5. The van der Waals surface area contributed by atoms with Gasteiger partial charge < -0.3 is 0 Å². The third-order valence-electron chi connectivity index (χ3n) is 2.00. The highest BCUT2D eigenvalue weighted by Gasteiger charge is 2.13. The quantitative estimate of drug-likeness (QED) is 0.769. The number of benzene rings is 1. The molecule has 0 aliphatic heterocycles. The third-order valence-corrected chi connectivity index (χ3v) is 3.17. The summed E-state index contributed by atoms with van der Waals surface area (Å²) < 4.78 is 33.7. The van der Waals surface area contributed by atoms with Crippen molar-refractivity contribution in [1.82, 2.24) is 0 Å². The topological polar surface area (TPSA) is 34.1 Å². The fourth-order valence-corrected chi connectivity index (χ4v) is 2.03. The minimum absolute atomic E-state index is 0.280. The SMILES string of the molecule is [CH2]CCCc1ccc(S(=O)(=O)F)cc1Cl. The molecule has 2 nitrogen and oxygen atoms in total. The molecule has 0 aliphatic carbocycles. The van der Waals surface area contributed by atoms with Gasteiger partial charge >= 0.3 is 10.2 Å². The molecule has 0 spiro atoms. The molecule has 0 N–H and O–H groups in total. The van der Waals surface area contributed by atoms with Gasteiger partial charge in [0.05, 0.1) is 4.90 Å². The number of hydrogen-bond donors (Lipinski definition) is 0. The van der Waals surface area contributed by atoms with Gasteiger partial charge in [0, 0.05) is 5.02 Å². The highest BCUT2D eigenvalue weighted by atomic mass is 35.5. The van der Waals surface area contributed by atoms with Crippen LogP contribution in [0.3, 0.4) is 0 Å². The van der Waals surface area contributed by atoms with Gasteiger partial charge in [-0.25, -0.2) is 0 Å². The molecule has 0 saturated heterocycles. The van der Waals surface area contributed by atoms with Crippen LogP contribution in [0.4, 0.5) is 3.89 Å². The summed E-state index contributed by atoms with van der Waals surface area (Å²) in [4.78, 5) is -0.397. The van der Waals surface area contributed by atoms with Crippen LogP contribution >= 0.6 is 11.6 Å². The summed E-state index contributed by atoms with van der Waals surface area (Å²) in [6.45, 7) is 3.69. The maximum atomic E-state index is 12.6. The molecule has 0 bridgehead atoms. The van der Waals surface area contributed by atoms with Crippen molar-refractivity contribution < 1.29 is 12.3 Å². The number of rotatable bonds is 4. The van der Waals surface area contributed by atoms with Crippen LogP contribution in [0.1, 0.15) is 18.4 Å². The zero-order valence-corrected chi connectivity index (χ0v) is 9.61. The molecule has 83 valence electrons. The van der Waals surface area contributed by atoms with E-state index in [1.807, 2.05) is 0 Å². The first-order valence-electron chi connectivity index (χ1n) is 4.47. The van der Waals surface area contributed by atoms with E-state index in [2.05, 4.69) is 6.92 Å². The van der Waals surface area contributed by atoms with Crippen LogP contribution < -0.4 is 0 Å². The number of halogens is 2. The predicted molar refractivity (Wildman–Crippen MR) is 58.0 cm³/mol. The summed E-state index contributed by atoms with van der Waals surface area (Å²) >= 11 is 5.82. The summed E-state index contributed by atoms with van der Waals surface area (Å²) in [6.07, 6.45) is 2.36. The molecule has 0 saturated carbocycles. The van der Waals surface area contributed by atoms with Gasteiger partial charge in [0.1, 0.15) is 0 Å². The van der Waals surface area contributed by atoms with Gasteiger partial charge in [-0.3, -0.25) is 0 Å². The van der Waals surface area contributed by atoms with Crippen molar-refractivity contribution in [1.29, 1.82) is 0 Å². The van der Waals surface area contributed by atoms with Crippen molar-refractivity contribution in [2.45, 2.75) is 24.2 Å². The van der Waals surface area contributed by atoms with Gasteiger partial charge in [0.15, 0.2) is 0 Å². The van der Waals surface area contributed by atoms with Crippen molar-refractivity contribution >= 4 is 21.8 Å². The van der Waals surface area contributed by atoms with E-state index in [-0.39, 0.29) is 5.02 Å². The molecule has 0 unspecified atom stereocenters. The largest absolute Gasteiger partial charge is 0.332 e. The molecule has 1 rings (SSSR count). The van der Waals surface area contributed by atoms with Gasteiger partial charge in [-0.2, -0.15) is 8.42 Å². The summed E-state index contributed by atoms with van der Waals surface area (Å²) in [5.41, 5.74) is 0.813. The third kappa shape index (κ3) is 3.47. The van der Waals surface area contributed by atoms with E-state index in [0.717, 1.165) is 30.9 Å². The van der Waals surface area contributed by atoms with E-state index in [4.69, 9.17) is 11.6 Å². The van der Waals surface area contributed by atoms with E-state index in [9.17, 15) is 12.3 Å². The van der Waals surface area contributed by atoms with Crippen LogP contribution in [0, 0.1) is 6.92 Å². The molecule has 0 aromatic heterocycles. The molecule has 0 atom stereocenters. The second-order valence-corrected chi connectivity index (χ2v) is 4.90. The van der Waals surface area contributed by atoms with Gasteiger partial charge in [0.25, 0.3) is 0 Å². The minimum atomic E-state index is -4.66. The van der Waals surface area contributed by atoms with Gasteiger partial charge in [-0.1, -0.05) is 31.0 Å². The van der Waals surface area contributed by atoms with Crippen LogP contribution in [0.5, 0.6) is 0 Å². The first-order valence-corrected chi connectivity index (χ1v) is 6.23. The van der Waals surface area contributed by atoms with E-state index >= 15 is 0 Å². The fraction of sp³-hybridized carbons (Fsp3) is 0.300. The monoisotopic (exact) mass is 249 g/mol. The molecule has 0 aliphatic rings. The van der Waals surface area contributed by atoms with Crippen LogP contribution in [-0.4, -0.2) is 8.42 Å². The van der Waals surface area contributed by atoms with E-state index in [0.29, 0.717) is 0 Å². The van der Waals surface area contributed by atoms with Crippen molar-refractivity contribution in [2.75, 3.05) is 0 Å². The zero-order valence-electron chi connectivity index (χ0n) is 8.04. The van der Waals surface area contributed by atoms with Gasteiger partial charge in [0.2, 0.25) is 0 Å². The molecule has 1 radical (unpaired) electrons. The molecule has 5 heteroatoms. The van der Waals surface area contributed by atoms with Crippen molar-refractivity contribution in [3.05, 3.63) is 35.7 Å². The van der Waals surface area contributed by atoms with E-state index in [1.54, 1.807) is 0 Å². The van der Waals surface area contributed by atoms with E-state index in [1.165, 1.54) is 12.1 Å². The van der Waals surface area contributed by atoms with Crippen LogP contribution in [-0.2, 0) is 16.6 Å². The lowest BCUT2D eigenvalue weighted by atomic mass is 10.1. The number of aryl methyl sites for hydroxylation is 1. The second kappa shape index (κ2) is 4.94. The Bertz CT molecular complexity index is 443. The smallest absolute Gasteiger partial charge is 0.189 e. The Morgan fingerprint density at radius 3 is 2.53 bits per heavy atom. The molecule has 0 fully saturated rings. The Kier molecular flexibility index (Phi) is 4.11. The standard InChI is InChI=1S/C10H11ClFO2S/c1-2-3-4-8-5-6-9(7-10(8)11)15(12,13)14/h5-7H,1-4H2. The molecular weight excluding hydrogens is 239 g/mol. The molecule has 1 aromatic rings. The van der Waals surface area contributed by atoms with Crippen LogP contribution in [0.15, 0.2) is 23.1 Å². The molecule has 0 amide bonds. The summed E-state index contributed by atoms with van der Waals surface area (Å²) in [5, 5.41) is 0.280. The number of unbranched alkanes of at least 4 members (excludes halogenated alkanes) is 1. The lowest BCUT2D eigenvalue weighted by Gasteiger charge is -2.04. The average molecular weight is 250 g/mol. The van der Waals surface area contributed by atoms with Crippen molar-refractivity contribution in [2.24, 2.45) is 0 Å². The van der Waals surface area contributed by atoms with Crippen LogP contribution in [0.25, 0.3) is 0 Å². The minimum Gasteiger partial charge on any atom is -0.189 e. The average Bonchev–Trinajstić information content (AvgIpc) is 2.14. The normalized spacial score (nSPS) is 11.7. The Balaban J connectivity index is 2.99. The Labute approximate surface area is 94.3 Å². The summed E-state index contributed by atoms with van der Waals surface area (Å²) in [5.74, 6) is 0. The van der Waals surface area contributed by atoms with E-state index < -0.39 is 15.1 Å². The fourth-order valence-electron chi connectivity index (χ4n) is 1.20. The van der Waals surface area contributed by atoms with Gasteiger partial charge in [-0.05, 0) is 30.5 Å². The van der Waals surface area contributed by atoms with Gasteiger partial charge in [-0.15, -0.1) is 3.89 Å². The molecule has 15 heavy (non-hydrogen) atoms. The molecule has 1 aromatic carbocycles. The predicted octanol–water partition coefficient (Wildman–Crippen LogP) is 3.15. The van der Waals surface area contributed by atoms with Crippen molar-refractivity contribution in [3.63, 3.8) is 0 Å². The Morgan fingerprint density at radius 1 is 1.40 bits per heavy atom. The van der Waals surface area contributed by atoms with Crippen molar-refractivity contribution in [3.8, 4) is 0 Å². The first-order chi connectivity index (χ1) is 6.95. The molecular formula is C10H11ClFO2S. The maximum absolute atomic E-state index is 12.6. The Morgan fingerprint density at radius 2 is 2.07 bits per heavy atom. The second-order valence-electron chi connectivity index (χ2n) is 3.15. The zero-order chi connectivity index (χ0) is 11.5. The maximum Gasteiger partial charge on any atom is 0.332 e. The van der Waals surface area contributed by atoms with Crippen LogP contribution in [0.2, 0.25) is 5.02 Å². The highest BCUT2D eigenvalue weighted by Crippen LogP contribution is 2.23. The number of hydrogen-bond acceptors (Lipinski definition) is 2. The molecule has 0 heterocycles. The summed E-state index contributed by atoms with van der Waals surface area (Å²) in [7, 11) is -4.66.